The van der Waals surface area contributed by atoms with Crippen molar-refractivity contribution in [3.8, 4) is 0 Å². The molecule has 106 valence electrons. The van der Waals surface area contributed by atoms with E-state index < -0.39 is 0 Å². The zero-order chi connectivity index (χ0) is 13.8. The van der Waals surface area contributed by atoms with Crippen LogP contribution in [0, 0.1) is 5.92 Å². The van der Waals surface area contributed by atoms with Crippen molar-refractivity contribution in [1.82, 2.24) is 4.90 Å². The van der Waals surface area contributed by atoms with Crippen molar-refractivity contribution in [2.45, 2.75) is 45.3 Å². The van der Waals surface area contributed by atoms with E-state index in [1.807, 2.05) is 24.3 Å². The summed E-state index contributed by atoms with van der Waals surface area (Å²) < 4.78 is 1.06. The highest BCUT2D eigenvalue weighted by Crippen LogP contribution is 2.24. The van der Waals surface area contributed by atoms with Crippen LogP contribution in [0.3, 0.4) is 0 Å². The Morgan fingerprint density at radius 3 is 2.63 bits per heavy atom. The second-order valence-corrected chi connectivity index (χ2v) is 6.79. The Kier molecular flexibility index (Phi) is 5.43. The molecule has 3 unspecified atom stereocenters. The number of aliphatic hydroxyl groups is 1. The minimum absolute atomic E-state index is 0.348. The summed E-state index contributed by atoms with van der Waals surface area (Å²) in [4.78, 5) is 2.52. The Labute approximate surface area is 124 Å². The molecule has 1 saturated heterocycles. The first-order chi connectivity index (χ1) is 9.06. The van der Waals surface area contributed by atoms with Gasteiger partial charge in [-0.1, -0.05) is 35.0 Å². The predicted molar refractivity (Wildman–Crippen MR) is 83.2 cm³/mol. The monoisotopic (exact) mass is 325 g/mol. The number of nitrogens with zero attached hydrogens (tertiary/aromatic N) is 1. The number of hydrogen-bond acceptors (Lipinski definition) is 2. The number of likely N-dealkylation sites (tertiary alicyclic amines) is 1. The maximum Gasteiger partial charge on any atom is 0.0802 e. The molecular formula is C16H24BrNO. The first kappa shape index (κ1) is 15.0. The van der Waals surface area contributed by atoms with Crippen molar-refractivity contribution in [1.29, 1.82) is 0 Å². The van der Waals surface area contributed by atoms with Gasteiger partial charge in [-0.05, 0) is 56.3 Å². The van der Waals surface area contributed by atoms with Gasteiger partial charge in [-0.25, -0.2) is 0 Å². The fraction of sp³-hybridized carbons (Fsp3) is 0.625. The van der Waals surface area contributed by atoms with E-state index in [1.54, 1.807) is 0 Å². The summed E-state index contributed by atoms with van der Waals surface area (Å²) in [6.45, 7) is 6.81. The summed E-state index contributed by atoms with van der Waals surface area (Å²) in [6, 6.07) is 8.63. The number of hydrogen-bond donors (Lipinski definition) is 1. The minimum atomic E-state index is -0.348. The van der Waals surface area contributed by atoms with Crippen molar-refractivity contribution in [3.05, 3.63) is 34.3 Å². The molecule has 1 heterocycles. The second kappa shape index (κ2) is 6.87. The molecule has 0 amide bonds. The second-order valence-electron chi connectivity index (χ2n) is 5.87. The molecular weight excluding hydrogens is 302 g/mol. The normalized spacial score (nSPS) is 26.3. The number of rotatable bonds is 4. The molecule has 1 fully saturated rings. The van der Waals surface area contributed by atoms with Crippen molar-refractivity contribution in [2.75, 3.05) is 13.1 Å². The van der Waals surface area contributed by atoms with Crippen LogP contribution in [0.5, 0.6) is 0 Å². The standard InChI is InChI=1S/C16H24BrNO/c1-12-7-9-18(13(2)11-12)10-8-16(19)14-3-5-15(17)6-4-14/h3-6,12-13,16,19H,7-11H2,1-2H3. The Hall–Kier alpha value is -0.380. The van der Waals surface area contributed by atoms with Gasteiger partial charge in [-0.3, -0.25) is 0 Å². The lowest BCUT2D eigenvalue weighted by Crippen LogP contribution is -2.41. The van der Waals surface area contributed by atoms with Gasteiger partial charge in [-0.15, -0.1) is 0 Å². The topological polar surface area (TPSA) is 23.5 Å². The van der Waals surface area contributed by atoms with Gasteiger partial charge >= 0.3 is 0 Å². The van der Waals surface area contributed by atoms with E-state index in [0.717, 1.165) is 28.9 Å². The third-order valence-corrected chi connectivity index (χ3v) is 4.75. The molecule has 0 bridgehead atoms. The van der Waals surface area contributed by atoms with E-state index in [-0.39, 0.29) is 6.10 Å². The van der Waals surface area contributed by atoms with Crippen LogP contribution < -0.4 is 0 Å². The van der Waals surface area contributed by atoms with Crippen molar-refractivity contribution < 1.29 is 5.11 Å². The van der Waals surface area contributed by atoms with Crippen LogP contribution in [0.2, 0.25) is 0 Å². The van der Waals surface area contributed by atoms with Crippen molar-refractivity contribution >= 4 is 15.9 Å². The quantitative estimate of drug-likeness (QED) is 0.904. The highest BCUT2D eigenvalue weighted by molar-refractivity contribution is 9.10. The minimum Gasteiger partial charge on any atom is -0.388 e. The molecule has 19 heavy (non-hydrogen) atoms. The van der Waals surface area contributed by atoms with Gasteiger partial charge in [0.15, 0.2) is 0 Å². The predicted octanol–water partition coefficient (Wildman–Crippen LogP) is 3.99. The van der Waals surface area contributed by atoms with Gasteiger partial charge in [0.1, 0.15) is 0 Å². The largest absolute Gasteiger partial charge is 0.388 e. The summed E-state index contributed by atoms with van der Waals surface area (Å²) in [6.07, 6.45) is 3.05. The van der Waals surface area contributed by atoms with Gasteiger partial charge in [-0.2, -0.15) is 0 Å². The molecule has 1 aliphatic heterocycles. The summed E-state index contributed by atoms with van der Waals surface area (Å²) in [5.74, 6) is 0.850. The van der Waals surface area contributed by atoms with Crippen LogP contribution in [0.1, 0.15) is 44.8 Å². The fourth-order valence-corrected chi connectivity index (χ4v) is 3.19. The Morgan fingerprint density at radius 2 is 2.00 bits per heavy atom. The summed E-state index contributed by atoms with van der Waals surface area (Å²) in [7, 11) is 0. The molecule has 3 heteroatoms. The van der Waals surface area contributed by atoms with Crippen LogP contribution in [-0.2, 0) is 0 Å². The summed E-state index contributed by atoms with van der Waals surface area (Å²) in [5.41, 5.74) is 1.02. The van der Waals surface area contributed by atoms with Crippen LogP contribution >= 0.6 is 15.9 Å². The zero-order valence-electron chi connectivity index (χ0n) is 11.8. The molecule has 0 saturated carbocycles. The molecule has 1 aromatic carbocycles. The lowest BCUT2D eigenvalue weighted by molar-refractivity contribution is 0.0941. The van der Waals surface area contributed by atoms with Gasteiger partial charge in [0.2, 0.25) is 0 Å². The number of aliphatic hydroxyl groups excluding tert-OH is 1. The third-order valence-electron chi connectivity index (χ3n) is 4.22. The van der Waals surface area contributed by atoms with Crippen LogP contribution in [-0.4, -0.2) is 29.1 Å². The van der Waals surface area contributed by atoms with Crippen molar-refractivity contribution in [3.63, 3.8) is 0 Å². The third kappa shape index (κ3) is 4.30. The Bertz CT molecular complexity index is 392. The molecule has 0 aromatic heterocycles. The lowest BCUT2D eigenvalue weighted by atomic mass is 9.93. The first-order valence-corrected chi connectivity index (χ1v) is 8.03. The number of piperidine rings is 1. The van der Waals surface area contributed by atoms with Gasteiger partial charge in [0.05, 0.1) is 6.10 Å². The molecule has 0 radical (unpaired) electrons. The lowest BCUT2D eigenvalue weighted by Gasteiger charge is -2.36. The average Bonchev–Trinajstić information content (AvgIpc) is 2.38. The van der Waals surface area contributed by atoms with E-state index in [9.17, 15) is 5.11 Å². The van der Waals surface area contributed by atoms with E-state index >= 15 is 0 Å². The number of halogens is 1. The molecule has 1 N–H and O–H groups in total. The smallest absolute Gasteiger partial charge is 0.0802 e. The molecule has 2 nitrogen and oxygen atoms in total. The van der Waals surface area contributed by atoms with Gasteiger partial charge in [0, 0.05) is 17.1 Å². The van der Waals surface area contributed by atoms with Crippen LogP contribution in [0.25, 0.3) is 0 Å². The highest BCUT2D eigenvalue weighted by Gasteiger charge is 2.23. The molecule has 2 rings (SSSR count). The Balaban J connectivity index is 1.83. The average molecular weight is 326 g/mol. The Morgan fingerprint density at radius 1 is 1.32 bits per heavy atom. The SMILES string of the molecule is CC1CCN(CCC(O)c2ccc(Br)cc2)C(C)C1. The molecule has 0 aliphatic carbocycles. The molecule has 3 atom stereocenters. The summed E-state index contributed by atoms with van der Waals surface area (Å²) in [5, 5.41) is 10.2. The maximum absolute atomic E-state index is 10.2. The van der Waals surface area contributed by atoms with E-state index in [4.69, 9.17) is 0 Å². The molecule has 1 aromatic rings. The van der Waals surface area contributed by atoms with Gasteiger partial charge < -0.3 is 10.0 Å². The maximum atomic E-state index is 10.2. The number of benzene rings is 1. The van der Waals surface area contributed by atoms with Crippen molar-refractivity contribution in [2.24, 2.45) is 5.92 Å². The van der Waals surface area contributed by atoms with Crippen LogP contribution in [0.15, 0.2) is 28.7 Å². The van der Waals surface area contributed by atoms with Gasteiger partial charge in [0.25, 0.3) is 0 Å². The van der Waals surface area contributed by atoms with Crippen LogP contribution in [0.4, 0.5) is 0 Å². The molecule has 0 spiro atoms. The fourth-order valence-electron chi connectivity index (χ4n) is 2.93. The first-order valence-electron chi connectivity index (χ1n) is 7.24. The van der Waals surface area contributed by atoms with E-state index in [0.29, 0.717) is 6.04 Å². The van der Waals surface area contributed by atoms with E-state index in [2.05, 4.69) is 34.7 Å². The highest BCUT2D eigenvalue weighted by atomic mass is 79.9. The molecule has 1 aliphatic rings. The summed E-state index contributed by atoms with van der Waals surface area (Å²) >= 11 is 3.42. The van der Waals surface area contributed by atoms with E-state index in [1.165, 1.54) is 19.4 Å². The zero-order valence-corrected chi connectivity index (χ0v) is 13.4.